The van der Waals surface area contributed by atoms with Gasteiger partial charge in [0.2, 0.25) is 70.9 Å². The van der Waals surface area contributed by atoms with Crippen LogP contribution < -0.4 is 16.0 Å². The highest BCUT2D eigenvalue weighted by atomic mass is 19.4. The van der Waals surface area contributed by atoms with Crippen molar-refractivity contribution >= 4 is 70.9 Å². The molecule has 12 atom stereocenters. The summed E-state index contributed by atoms with van der Waals surface area (Å²) in [6, 6.07) is -11.2. The summed E-state index contributed by atoms with van der Waals surface area (Å²) in [7, 11) is 8.18. The van der Waals surface area contributed by atoms with Gasteiger partial charge in [0.1, 0.15) is 72.1 Å². The van der Waals surface area contributed by atoms with Crippen LogP contribution in [0.15, 0.2) is 0 Å². The van der Waals surface area contributed by atoms with E-state index in [-0.39, 0.29) is 123 Å². The number of nitrogens with one attached hydrogen (secondary N) is 3. The van der Waals surface area contributed by atoms with Gasteiger partial charge < -0.3 is 69.5 Å². The predicted octanol–water partition coefficient (Wildman–Crippen LogP) is 6.10. The van der Waals surface area contributed by atoms with Gasteiger partial charge in [0.25, 0.3) is 0 Å². The van der Waals surface area contributed by atoms with Crippen LogP contribution in [0.3, 0.4) is 0 Å². The van der Waals surface area contributed by atoms with Gasteiger partial charge in [-0.2, -0.15) is 26.3 Å². The van der Waals surface area contributed by atoms with Gasteiger partial charge in [0.05, 0.1) is 44.7 Å². The highest BCUT2D eigenvalue weighted by Crippen LogP contribution is 2.46. The third-order valence-electron chi connectivity index (χ3n) is 25.7. The number of carbonyl (C=O) groups is 12. The second-order valence-corrected chi connectivity index (χ2v) is 33.3. The fourth-order valence-corrected chi connectivity index (χ4v) is 18.2. The standard InChI is InChI=1S/C77H118F8N12O14/c1-10-45(3)64-72(107)90(5)44-62(100)91(6)55-20-13-12-16-31-96(71(55)106)59(39-47-23-26-50(27-24-47)76(80,81)82)69(104)89(4)43-60(98)86-54(28-25-48-36-52(78)63(53(79)37-48)77(83,84)85)68(103)97-42-51(111-11-2)40-57(97)67(102)88-75(29-17-30-75)74(109)94(9)65(49-18-14-15-19-49)73(108)93(8)58(70(105)95-32-34-110-35-33-95)41-61(99)92(7)56(66(101)87-64)38-46-21-22-46/h45-59,63-65H,10-44H2,1-9H3,(H,86,98)(H,87,101)(H,88,102)/t45-,47?,48?,50?,51+,52?,53?,54-,55-,56-,57-,58-,59-,63?,64-,65-/m0/s1. The highest BCUT2D eigenvalue weighted by molar-refractivity contribution is 6.01. The Morgan fingerprint density at radius 2 is 1.18 bits per heavy atom. The summed E-state index contributed by atoms with van der Waals surface area (Å²) in [5.74, 6) is -16.4. The lowest BCUT2D eigenvalue weighted by molar-refractivity contribution is -0.219. The van der Waals surface area contributed by atoms with E-state index in [9.17, 15) is 40.7 Å². The molecule has 34 heteroatoms. The van der Waals surface area contributed by atoms with Gasteiger partial charge in [-0.1, -0.05) is 58.8 Å². The summed E-state index contributed by atoms with van der Waals surface area (Å²) in [5.41, 5.74) is -1.69. The first-order valence-corrected chi connectivity index (χ1v) is 40.4. The second kappa shape index (κ2) is 38.0. The zero-order valence-electron chi connectivity index (χ0n) is 65.9. The monoisotopic (exact) mass is 1590 g/mol. The topological polar surface area (TPSA) is 289 Å². The minimum absolute atomic E-state index is 0.00320. The van der Waals surface area contributed by atoms with Crippen LogP contribution >= 0.6 is 0 Å². The Bertz CT molecular complexity index is 3300. The maximum atomic E-state index is 15.8. The number of hydrogen-bond donors (Lipinski definition) is 3. The number of alkyl halides is 8. The van der Waals surface area contributed by atoms with Crippen molar-refractivity contribution in [3.8, 4) is 0 Å². The summed E-state index contributed by atoms with van der Waals surface area (Å²) < 4.78 is 127. The van der Waals surface area contributed by atoms with Crippen molar-refractivity contribution in [1.82, 2.24) is 60.0 Å². The summed E-state index contributed by atoms with van der Waals surface area (Å²) in [5, 5.41) is 8.50. The average molecular weight is 1590 g/mol. The number of carbonyl (C=O) groups excluding carboxylic acids is 12. The quantitative estimate of drug-likeness (QED) is 0.176. The first-order valence-electron chi connectivity index (χ1n) is 40.4. The SMILES string of the molecule is CCO[C@@H]1C[C@H]2C(=O)NC3(CCC3)C(=O)N(C)[C@@H](C3CCCC3)C(=O)N(C)[C@H](C(=O)N3CCOCC3)CC(=O)N(C)[C@@H](CC3CC3)C(=O)N[C@@H]([C@@H](C)CC)C(=O)N(C)CC(=O)N(C)[C@H]3CCCCCN(C3=O)[C@@H](CC3CCC(C(F)(F)F)CC3)C(=O)N(C)CC(=O)N[C@@H](CCC3CC(F)C(C(F)(F)F)C(F)C3)C(=O)N2C1. The molecule has 2 unspecified atom stereocenters. The molecule has 9 fully saturated rings. The normalized spacial score (nSPS) is 32.8. The molecule has 0 aromatic heterocycles. The van der Waals surface area contributed by atoms with Gasteiger partial charge in [-0.15, -0.1) is 0 Å². The molecule has 26 nitrogen and oxygen atoms in total. The van der Waals surface area contributed by atoms with E-state index >= 15 is 51.9 Å². The lowest BCUT2D eigenvalue weighted by atomic mass is 9.74. The molecule has 4 saturated heterocycles. The van der Waals surface area contributed by atoms with Gasteiger partial charge in [0.15, 0.2) is 0 Å². The van der Waals surface area contributed by atoms with Gasteiger partial charge >= 0.3 is 12.4 Å². The van der Waals surface area contributed by atoms with E-state index in [1.807, 2.05) is 0 Å². The molecular weight excluding hydrogens is 1470 g/mol. The molecule has 5 saturated carbocycles. The number of hydrogen-bond acceptors (Lipinski definition) is 14. The van der Waals surface area contributed by atoms with Crippen molar-refractivity contribution in [2.24, 2.45) is 41.4 Å². The van der Waals surface area contributed by atoms with E-state index in [2.05, 4.69) is 16.0 Å². The zero-order chi connectivity index (χ0) is 81.3. The molecule has 111 heavy (non-hydrogen) atoms. The number of rotatable bonds is 13. The van der Waals surface area contributed by atoms with Crippen molar-refractivity contribution in [1.29, 1.82) is 0 Å². The van der Waals surface area contributed by atoms with Gasteiger partial charge in [-0.05, 0) is 146 Å². The molecular formula is C77H118F8N12O14. The third-order valence-corrected chi connectivity index (χ3v) is 25.7. The van der Waals surface area contributed by atoms with Crippen LogP contribution in [-0.2, 0) is 67.0 Å². The van der Waals surface area contributed by atoms with E-state index in [0.29, 0.717) is 57.8 Å². The van der Waals surface area contributed by atoms with Crippen LogP contribution in [0.4, 0.5) is 35.1 Å². The lowest BCUT2D eigenvalue weighted by Crippen LogP contribution is -2.68. The molecule has 2 bridgehead atoms. The molecule has 9 aliphatic rings. The first-order chi connectivity index (χ1) is 52.4. The highest BCUT2D eigenvalue weighted by Gasteiger charge is 2.57. The maximum absolute atomic E-state index is 15.8. The van der Waals surface area contributed by atoms with Gasteiger partial charge in [-0.3, -0.25) is 57.5 Å². The van der Waals surface area contributed by atoms with Gasteiger partial charge in [-0.25, -0.2) is 8.78 Å². The van der Waals surface area contributed by atoms with Crippen molar-refractivity contribution in [2.45, 2.75) is 272 Å². The average Bonchev–Trinajstić information content (AvgIpc) is 1.51. The Kier molecular flexibility index (Phi) is 30.1. The molecule has 4 aliphatic heterocycles. The summed E-state index contributed by atoms with van der Waals surface area (Å²) in [6.07, 6.45) is -13.5. The Morgan fingerprint density at radius 3 is 1.76 bits per heavy atom. The van der Waals surface area contributed by atoms with Crippen molar-refractivity contribution in [3.63, 3.8) is 0 Å². The zero-order valence-corrected chi connectivity index (χ0v) is 65.9. The predicted molar refractivity (Wildman–Crippen MR) is 388 cm³/mol. The van der Waals surface area contributed by atoms with Crippen LogP contribution in [0.2, 0.25) is 0 Å². The van der Waals surface area contributed by atoms with Crippen LogP contribution in [0, 0.1) is 41.4 Å². The Balaban J connectivity index is 1.10. The maximum Gasteiger partial charge on any atom is 0.397 e. The third kappa shape index (κ3) is 21.3. The second-order valence-electron chi connectivity index (χ2n) is 33.3. The van der Waals surface area contributed by atoms with Crippen molar-refractivity contribution in [3.05, 3.63) is 0 Å². The number of morpholine rings is 1. The molecule has 9 rings (SSSR count). The number of nitrogens with zero attached hydrogens (tertiary/aromatic N) is 9. The number of fused-ring (bicyclic) bond motifs is 3. The van der Waals surface area contributed by atoms with E-state index in [1.54, 1.807) is 20.8 Å². The molecule has 626 valence electrons. The van der Waals surface area contributed by atoms with Crippen LogP contribution in [-0.4, -0.2) is 301 Å². The molecule has 5 aliphatic carbocycles. The molecule has 0 radical (unpaired) electrons. The fraction of sp³-hybridized carbons (Fsp3) is 0.844. The first kappa shape index (κ1) is 88.0. The van der Waals surface area contributed by atoms with Crippen molar-refractivity contribution < 1.29 is 102 Å². The largest absolute Gasteiger partial charge is 0.397 e. The fourth-order valence-electron chi connectivity index (χ4n) is 18.2. The Morgan fingerprint density at radius 1 is 0.577 bits per heavy atom. The van der Waals surface area contributed by atoms with E-state index in [1.165, 1.54) is 71.7 Å². The van der Waals surface area contributed by atoms with Gasteiger partial charge in [0, 0.05) is 81.5 Å². The molecule has 0 aromatic rings. The van der Waals surface area contributed by atoms with Crippen molar-refractivity contribution in [2.75, 3.05) is 101 Å². The molecule has 0 aromatic carbocycles. The van der Waals surface area contributed by atoms with Crippen LogP contribution in [0.1, 0.15) is 188 Å². The summed E-state index contributed by atoms with van der Waals surface area (Å²) in [6.45, 7) is 3.97. The summed E-state index contributed by atoms with van der Waals surface area (Å²) >= 11 is 0. The van der Waals surface area contributed by atoms with E-state index in [0.717, 1.165) is 27.5 Å². The Hall–Kier alpha value is -7.00. The molecule has 3 N–H and O–H groups in total. The number of ether oxygens (including phenoxy) is 2. The van der Waals surface area contributed by atoms with E-state index < -0.39 is 230 Å². The smallest absolute Gasteiger partial charge is 0.378 e. The minimum Gasteiger partial charge on any atom is -0.378 e. The molecule has 12 amide bonds. The Labute approximate surface area is 645 Å². The molecule has 4 heterocycles. The van der Waals surface area contributed by atoms with Crippen LogP contribution in [0.25, 0.3) is 0 Å². The van der Waals surface area contributed by atoms with Crippen LogP contribution in [0.5, 0.6) is 0 Å². The minimum atomic E-state index is -5.22. The van der Waals surface area contributed by atoms with E-state index in [4.69, 9.17) is 9.47 Å². The number of amides is 12. The lowest BCUT2D eigenvalue weighted by Gasteiger charge is -2.47. The molecule has 1 spiro atoms. The number of likely N-dealkylation sites (N-methyl/N-ethyl adjacent to an activating group) is 6. The summed E-state index contributed by atoms with van der Waals surface area (Å²) in [4.78, 5) is 194. The number of halogens is 8.